The zero-order chi connectivity index (χ0) is 26.6. The summed E-state index contributed by atoms with van der Waals surface area (Å²) in [6, 6.07) is 0.629. The molecule has 0 spiro atoms. The van der Waals surface area contributed by atoms with Crippen LogP contribution in [0.25, 0.3) is 0 Å². The fourth-order valence-corrected chi connectivity index (χ4v) is 4.84. The van der Waals surface area contributed by atoms with Gasteiger partial charge in [0.15, 0.2) is 5.82 Å². The number of aromatic nitrogens is 6. The van der Waals surface area contributed by atoms with Gasteiger partial charge in [0.1, 0.15) is 11.4 Å². The number of alkyl halides is 3. The summed E-state index contributed by atoms with van der Waals surface area (Å²) in [5, 5.41) is 28.6. The van der Waals surface area contributed by atoms with E-state index in [0.717, 1.165) is 64.6 Å². The number of nitrogens with one attached hydrogen (secondary N) is 5. The van der Waals surface area contributed by atoms with Crippen molar-refractivity contribution >= 4 is 11.8 Å². The molecule has 2 aliphatic rings. The van der Waals surface area contributed by atoms with E-state index in [9.17, 15) is 13.2 Å². The second-order valence-corrected chi connectivity index (χ2v) is 10.0. The van der Waals surface area contributed by atoms with Crippen LogP contribution in [0.15, 0.2) is 6.20 Å². The highest BCUT2D eigenvalue weighted by atomic mass is 19.4. The average Bonchev–Trinajstić information content (AvgIpc) is 3.37. The predicted octanol–water partition coefficient (Wildman–Crippen LogP) is 2.55. The van der Waals surface area contributed by atoms with Gasteiger partial charge in [-0.05, 0) is 76.5 Å². The number of tetrazole rings is 1. The van der Waals surface area contributed by atoms with Crippen molar-refractivity contribution in [3.05, 3.63) is 17.6 Å². The first-order chi connectivity index (χ1) is 18.5. The van der Waals surface area contributed by atoms with Crippen LogP contribution in [0.2, 0.25) is 0 Å². The lowest BCUT2D eigenvalue weighted by molar-refractivity contribution is -0.137. The normalized spacial score (nSPS) is 17.6. The van der Waals surface area contributed by atoms with Crippen molar-refractivity contribution in [2.24, 2.45) is 0 Å². The molecule has 0 unspecified atom stereocenters. The molecular weight excluding hydrogens is 499 g/mol. The minimum atomic E-state index is -4.54. The first-order valence-corrected chi connectivity index (χ1v) is 13.8. The monoisotopic (exact) mass is 539 g/mol. The summed E-state index contributed by atoms with van der Waals surface area (Å²) >= 11 is 0. The third kappa shape index (κ3) is 9.31. The number of hydrogen-bond donors (Lipinski definition) is 5. The highest BCUT2D eigenvalue weighted by molar-refractivity contribution is 5.49. The number of nitrogens with zero attached hydrogens (tertiary/aromatic N) is 6. The zero-order valence-electron chi connectivity index (χ0n) is 21.9. The van der Waals surface area contributed by atoms with Crippen molar-refractivity contribution in [1.82, 2.24) is 46.1 Å². The minimum absolute atomic E-state index is 0.0747. The Morgan fingerprint density at radius 2 is 1.76 bits per heavy atom. The highest BCUT2D eigenvalue weighted by Gasteiger charge is 2.36. The quantitative estimate of drug-likeness (QED) is 0.228. The van der Waals surface area contributed by atoms with Crippen LogP contribution in [0.3, 0.4) is 0 Å². The Morgan fingerprint density at radius 3 is 2.55 bits per heavy atom. The predicted molar refractivity (Wildman–Crippen MR) is 139 cm³/mol. The van der Waals surface area contributed by atoms with Crippen LogP contribution in [-0.2, 0) is 19.3 Å². The van der Waals surface area contributed by atoms with Gasteiger partial charge in [0, 0.05) is 18.3 Å². The van der Waals surface area contributed by atoms with E-state index in [-0.39, 0.29) is 24.4 Å². The molecule has 1 saturated heterocycles. The Morgan fingerprint density at radius 1 is 0.974 bits per heavy atom. The summed E-state index contributed by atoms with van der Waals surface area (Å²) in [6.45, 7) is 5.18. The molecule has 1 aliphatic heterocycles. The topological polar surface area (TPSA) is 130 Å². The van der Waals surface area contributed by atoms with E-state index < -0.39 is 11.7 Å². The second-order valence-electron chi connectivity index (χ2n) is 10.0. The Hall–Kier alpha value is -2.58. The molecule has 1 aliphatic carbocycles. The van der Waals surface area contributed by atoms with Crippen LogP contribution < -0.4 is 26.6 Å². The molecule has 0 atom stereocenters. The molecule has 2 aromatic heterocycles. The van der Waals surface area contributed by atoms with Gasteiger partial charge in [0.2, 0.25) is 5.95 Å². The molecule has 2 fully saturated rings. The third-order valence-corrected chi connectivity index (χ3v) is 6.95. The average molecular weight is 540 g/mol. The minimum Gasteiger partial charge on any atom is -0.367 e. The Labute approximate surface area is 221 Å². The lowest BCUT2D eigenvalue weighted by atomic mass is 9.95. The number of hydrogen-bond acceptors (Lipinski definition) is 10. The Bertz CT molecular complexity index is 956. The van der Waals surface area contributed by atoms with Crippen LogP contribution >= 0.6 is 0 Å². The van der Waals surface area contributed by atoms with E-state index in [1.165, 1.54) is 36.9 Å². The van der Waals surface area contributed by atoms with Crippen LogP contribution in [0.5, 0.6) is 0 Å². The molecule has 212 valence electrons. The first kappa shape index (κ1) is 28.4. The summed E-state index contributed by atoms with van der Waals surface area (Å²) in [6.07, 6.45) is 6.39. The smallest absolute Gasteiger partial charge is 0.367 e. The lowest BCUT2D eigenvalue weighted by Crippen LogP contribution is -2.36. The number of anilines is 2. The van der Waals surface area contributed by atoms with Crippen LogP contribution in [0.1, 0.15) is 69.2 Å². The first-order valence-electron chi connectivity index (χ1n) is 13.8. The van der Waals surface area contributed by atoms with E-state index in [2.05, 4.69) is 52.0 Å². The van der Waals surface area contributed by atoms with E-state index >= 15 is 0 Å². The number of halogens is 3. The van der Waals surface area contributed by atoms with Gasteiger partial charge in [-0.1, -0.05) is 19.3 Å². The maximum Gasteiger partial charge on any atom is 0.421 e. The number of aryl methyl sites for hydroxylation is 1. The van der Waals surface area contributed by atoms with Crippen molar-refractivity contribution in [2.75, 3.05) is 43.4 Å². The van der Waals surface area contributed by atoms with Crippen LogP contribution in [0.4, 0.5) is 24.9 Å². The van der Waals surface area contributed by atoms with Crippen LogP contribution in [-0.4, -0.2) is 75.0 Å². The van der Waals surface area contributed by atoms with E-state index in [4.69, 9.17) is 0 Å². The SMILES string of the molecule is FC(F)(F)c1cnc(NCc2nnn(CCCNCCCNC3CCCCC3)n2)nc1NC1CCNCC1. The Balaban J connectivity index is 1.15. The molecular formula is C24H40F3N11. The van der Waals surface area contributed by atoms with Gasteiger partial charge in [0.05, 0.1) is 13.1 Å². The molecule has 5 N–H and O–H groups in total. The largest absolute Gasteiger partial charge is 0.421 e. The molecule has 2 aromatic rings. The third-order valence-electron chi connectivity index (χ3n) is 6.95. The van der Waals surface area contributed by atoms with Gasteiger partial charge in [-0.25, -0.2) is 4.98 Å². The summed E-state index contributed by atoms with van der Waals surface area (Å²) in [5.74, 6) is 0.284. The zero-order valence-corrected chi connectivity index (χ0v) is 21.9. The fourth-order valence-electron chi connectivity index (χ4n) is 4.84. The highest BCUT2D eigenvalue weighted by Crippen LogP contribution is 2.34. The van der Waals surface area contributed by atoms with Gasteiger partial charge in [-0.15, -0.1) is 10.2 Å². The van der Waals surface area contributed by atoms with Crippen molar-refractivity contribution in [1.29, 1.82) is 0 Å². The molecule has 1 saturated carbocycles. The number of piperidine rings is 1. The Kier molecular flexibility index (Phi) is 10.9. The van der Waals surface area contributed by atoms with Crippen molar-refractivity contribution < 1.29 is 13.2 Å². The van der Waals surface area contributed by atoms with Crippen LogP contribution in [0, 0.1) is 0 Å². The molecule has 0 aromatic carbocycles. The van der Waals surface area contributed by atoms with Gasteiger partial charge < -0.3 is 26.6 Å². The maximum atomic E-state index is 13.5. The molecule has 0 radical (unpaired) electrons. The van der Waals surface area contributed by atoms with Gasteiger partial charge in [-0.3, -0.25) is 0 Å². The summed E-state index contributed by atoms with van der Waals surface area (Å²) < 4.78 is 40.4. The summed E-state index contributed by atoms with van der Waals surface area (Å²) in [5.41, 5.74) is -0.875. The molecule has 0 amide bonds. The van der Waals surface area contributed by atoms with E-state index in [1.54, 1.807) is 0 Å². The molecule has 14 heteroatoms. The van der Waals surface area contributed by atoms with Crippen molar-refractivity contribution in [3.8, 4) is 0 Å². The maximum absolute atomic E-state index is 13.5. The lowest BCUT2D eigenvalue weighted by Gasteiger charge is -2.25. The summed E-state index contributed by atoms with van der Waals surface area (Å²) in [4.78, 5) is 9.48. The van der Waals surface area contributed by atoms with Gasteiger partial charge in [0.25, 0.3) is 0 Å². The molecule has 0 bridgehead atoms. The second kappa shape index (κ2) is 14.5. The standard InChI is InChI=1S/C24H40F3N11/c25-24(26,27)20-16-31-23(34-22(20)33-19-8-13-29-14-9-19)32-17-21-35-37-38(36-21)15-5-11-28-10-4-12-30-18-6-2-1-3-7-18/h16,18-19,28-30H,1-15,17H2,(H2,31,32,33,34). The van der Waals surface area contributed by atoms with Gasteiger partial charge >= 0.3 is 6.18 Å². The molecule has 38 heavy (non-hydrogen) atoms. The number of rotatable bonds is 14. The summed E-state index contributed by atoms with van der Waals surface area (Å²) in [7, 11) is 0. The van der Waals surface area contributed by atoms with E-state index in [0.29, 0.717) is 18.4 Å². The van der Waals surface area contributed by atoms with Crippen molar-refractivity contribution in [3.63, 3.8) is 0 Å². The molecule has 11 nitrogen and oxygen atoms in total. The van der Waals surface area contributed by atoms with Gasteiger partial charge in [-0.2, -0.15) is 23.0 Å². The van der Waals surface area contributed by atoms with Crippen molar-refractivity contribution in [2.45, 2.75) is 89.1 Å². The molecule has 3 heterocycles. The molecule has 4 rings (SSSR count). The fraction of sp³-hybridized carbons (Fsp3) is 0.792. The van der Waals surface area contributed by atoms with E-state index in [1.807, 2.05) is 0 Å².